The van der Waals surface area contributed by atoms with Crippen molar-refractivity contribution in [1.29, 1.82) is 0 Å². The summed E-state index contributed by atoms with van der Waals surface area (Å²) in [7, 11) is 1.71. The molecule has 0 saturated heterocycles. The maximum Gasteiger partial charge on any atom is 0.278 e. The lowest BCUT2D eigenvalue weighted by Gasteiger charge is -2.16. The molecule has 0 radical (unpaired) electrons. The van der Waals surface area contributed by atoms with Crippen LogP contribution >= 0.6 is 11.6 Å². The molecule has 2 aromatic carbocycles. The maximum atomic E-state index is 12.4. The SMILES string of the molecule is CN(C(=O)c1ccc(Nc2ccc(Cl)cc2)nn1)c1ccccc1. The largest absolute Gasteiger partial charge is 0.339 e. The highest BCUT2D eigenvalue weighted by Gasteiger charge is 2.15. The van der Waals surface area contributed by atoms with Crippen LogP contribution in [-0.4, -0.2) is 23.2 Å². The monoisotopic (exact) mass is 338 g/mol. The van der Waals surface area contributed by atoms with Gasteiger partial charge in [-0.3, -0.25) is 4.79 Å². The third kappa shape index (κ3) is 3.70. The molecule has 3 rings (SSSR count). The van der Waals surface area contributed by atoms with Crippen LogP contribution in [0.2, 0.25) is 5.02 Å². The zero-order valence-corrected chi connectivity index (χ0v) is 13.7. The summed E-state index contributed by atoms with van der Waals surface area (Å²) in [4.78, 5) is 14.0. The predicted octanol–water partition coefficient (Wildman–Crippen LogP) is 4.15. The van der Waals surface area contributed by atoms with Crippen molar-refractivity contribution in [2.45, 2.75) is 0 Å². The van der Waals surface area contributed by atoms with Crippen LogP contribution in [0.15, 0.2) is 66.7 Å². The van der Waals surface area contributed by atoms with E-state index in [-0.39, 0.29) is 11.6 Å². The van der Waals surface area contributed by atoms with Gasteiger partial charge in [0.15, 0.2) is 11.5 Å². The molecule has 5 nitrogen and oxygen atoms in total. The molecule has 0 bridgehead atoms. The first-order valence-corrected chi connectivity index (χ1v) is 7.71. The van der Waals surface area contributed by atoms with Crippen molar-refractivity contribution < 1.29 is 4.79 Å². The van der Waals surface area contributed by atoms with Crippen molar-refractivity contribution in [2.75, 3.05) is 17.3 Å². The second kappa shape index (κ2) is 7.10. The molecule has 0 spiro atoms. The normalized spacial score (nSPS) is 10.2. The van der Waals surface area contributed by atoms with E-state index in [1.54, 1.807) is 31.3 Å². The van der Waals surface area contributed by atoms with Crippen LogP contribution in [0.1, 0.15) is 10.5 Å². The minimum Gasteiger partial charge on any atom is -0.339 e. The van der Waals surface area contributed by atoms with Gasteiger partial charge in [0.05, 0.1) is 0 Å². The van der Waals surface area contributed by atoms with Gasteiger partial charge in [-0.2, -0.15) is 0 Å². The number of aromatic nitrogens is 2. The van der Waals surface area contributed by atoms with Crippen LogP contribution in [-0.2, 0) is 0 Å². The Morgan fingerprint density at radius 2 is 1.67 bits per heavy atom. The summed E-state index contributed by atoms with van der Waals surface area (Å²) in [5.41, 5.74) is 1.92. The van der Waals surface area contributed by atoms with Crippen LogP contribution in [0.25, 0.3) is 0 Å². The third-order valence-corrected chi connectivity index (χ3v) is 3.70. The summed E-state index contributed by atoms with van der Waals surface area (Å²) in [6.07, 6.45) is 0. The molecule has 1 N–H and O–H groups in total. The molecule has 1 aromatic heterocycles. The van der Waals surface area contributed by atoms with E-state index in [1.165, 1.54) is 4.90 Å². The zero-order valence-electron chi connectivity index (χ0n) is 13.0. The molecular weight excluding hydrogens is 324 g/mol. The van der Waals surface area contributed by atoms with Gasteiger partial charge in [-0.25, -0.2) is 0 Å². The number of rotatable bonds is 4. The minimum absolute atomic E-state index is 0.216. The van der Waals surface area contributed by atoms with Crippen molar-refractivity contribution in [1.82, 2.24) is 10.2 Å². The van der Waals surface area contributed by atoms with E-state index < -0.39 is 0 Å². The molecule has 0 unspecified atom stereocenters. The van der Waals surface area contributed by atoms with Crippen LogP contribution < -0.4 is 10.2 Å². The lowest BCUT2D eigenvalue weighted by molar-refractivity contribution is 0.0987. The summed E-state index contributed by atoms with van der Waals surface area (Å²) >= 11 is 5.85. The Morgan fingerprint density at radius 1 is 0.958 bits per heavy atom. The van der Waals surface area contributed by atoms with Gasteiger partial charge < -0.3 is 10.2 Å². The van der Waals surface area contributed by atoms with Gasteiger partial charge in [0, 0.05) is 23.4 Å². The smallest absolute Gasteiger partial charge is 0.278 e. The van der Waals surface area contributed by atoms with Gasteiger partial charge >= 0.3 is 0 Å². The number of para-hydroxylation sites is 1. The van der Waals surface area contributed by atoms with Gasteiger partial charge in [0.2, 0.25) is 0 Å². The van der Waals surface area contributed by atoms with E-state index in [0.717, 1.165) is 11.4 Å². The number of amides is 1. The van der Waals surface area contributed by atoms with Gasteiger partial charge in [-0.05, 0) is 48.5 Å². The Balaban J connectivity index is 1.72. The summed E-state index contributed by atoms with van der Waals surface area (Å²) < 4.78 is 0. The summed E-state index contributed by atoms with van der Waals surface area (Å²) in [6.45, 7) is 0. The first-order chi connectivity index (χ1) is 11.6. The summed E-state index contributed by atoms with van der Waals surface area (Å²) in [5.74, 6) is 0.336. The fourth-order valence-corrected chi connectivity index (χ4v) is 2.26. The van der Waals surface area contributed by atoms with Crippen LogP contribution in [0.4, 0.5) is 17.2 Å². The average Bonchev–Trinajstić information content (AvgIpc) is 2.64. The molecule has 0 aliphatic heterocycles. The third-order valence-electron chi connectivity index (χ3n) is 3.45. The van der Waals surface area contributed by atoms with E-state index in [0.29, 0.717) is 10.8 Å². The van der Waals surface area contributed by atoms with Crippen molar-refractivity contribution >= 4 is 34.7 Å². The Hall–Kier alpha value is -2.92. The molecule has 6 heteroatoms. The summed E-state index contributed by atoms with van der Waals surface area (Å²) in [5, 5.41) is 11.8. The second-order valence-electron chi connectivity index (χ2n) is 5.14. The van der Waals surface area contributed by atoms with E-state index in [9.17, 15) is 4.79 Å². The van der Waals surface area contributed by atoms with E-state index >= 15 is 0 Å². The topological polar surface area (TPSA) is 58.1 Å². The molecule has 0 saturated carbocycles. The lowest BCUT2D eigenvalue weighted by atomic mass is 10.2. The molecular formula is C18H15ClN4O. The molecule has 0 atom stereocenters. The van der Waals surface area contributed by atoms with Gasteiger partial charge in [-0.1, -0.05) is 29.8 Å². The number of halogens is 1. The number of benzene rings is 2. The van der Waals surface area contributed by atoms with Crippen molar-refractivity contribution in [3.8, 4) is 0 Å². The Morgan fingerprint density at radius 3 is 2.29 bits per heavy atom. The first kappa shape index (κ1) is 16.0. The Labute approximate surface area is 144 Å². The molecule has 24 heavy (non-hydrogen) atoms. The van der Waals surface area contributed by atoms with Gasteiger partial charge in [0.25, 0.3) is 5.91 Å². The minimum atomic E-state index is -0.216. The number of carbonyl (C=O) groups is 1. The fourth-order valence-electron chi connectivity index (χ4n) is 2.13. The van der Waals surface area contributed by atoms with Crippen molar-refractivity contribution in [2.24, 2.45) is 0 Å². The number of nitrogens with one attached hydrogen (secondary N) is 1. The Bertz CT molecular complexity index is 820. The predicted molar refractivity (Wildman–Crippen MR) is 95.9 cm³/mol. The van der Waals surface area contributed by atoms with E-state index in [1.807, 2.05) is 42.5 Å². The highest BCUT2D eigenvalue weighted by molar-refractivity contribution is 6.30. The first-order valence-electron chi connectivity index (χ1n) is 7.33. The summed E-state index contributed by atoms with van der Waals surface area (Å²) in [6, 6.07) is 20.0. The van der Waals surface area contributed by atoms with Crippen LogP contribution in [0.3, 0.4) is 0 Å². The second-order valence-corrected chi connectivity index (χ2v) is 5.57. The van der Waals surface area contributed by atoms with Gasteiger partial charge in [0.1, 0.15) is 0 Å². The molecule has 3 aromatic rings. The number of carbonyl (C=O) groups excluding carboxylic acids is 1. The lowest BCUT2D eigenvalue weighted by Crippen LogP contribution is -2.27. The molecule has 0 aliphatic rings. The fraction of sp³-hybridized carbons (Fsp3) is 0.0556. The molecule has 0 aliphatic carbocycles. The number of nitrogens with zero attached hydrogens (tertiary/aromatic N) is 3. The average molecular weight is 339 g/mol. The Kier molecular flexibility index (Phi) is 4.72. The molecule has 120 valence electrons. The highest BCUT2D eigenvalue weighted by atomic mass is 35.5. The quantitative estimate of drug-likeness (QED) is 0.776. The van der Waals surface area contributed by atoms with Crippen LogP contribution in [0, 0.1) is 0 Å². The standard InChI is InChI=1S/C18H15ClN4O/c1-23(15-5-3-2-4-6-15)18(24)16-11-12-17(22-21-16)20-14-9-7-13(19)8-10-14/h2-12H,1H3,(H,20,22). The number of hydrogen-bond donors (Lipinski definition) is 1. The van der Waals surface area contributed by atoms with Crippen molar-refractivity contribution in [3.05, 3.63) is 77.4 Å². The highest BCUT2D eigenvalue weighted by Crippen LogP contribution is 2.18. The molecule has 1 heterocycles. The zero-order chi connectivity index (χ0) is 16.9. The van der Waals surface area contributed by atoms with Crippen molar-refractivity contribution in [3.63, 3.8) is 0 Å². The molecule has 0 fully saturated rings. The van der Waals surface area contributed by atoms with Crippen LogP contribution in [0.5, 0.6) is 0 Å². The van der Waals surface area contributed by atoms with E-state index in [4.69, 9.17) is 11.6 Å². The number of hydrogen-bond acceptors (Lipinski definition) is 4. The van der Waals surface area contributed by atoms with E-state index in [2.05, 4.69) is 15.5 Å². The number of anilines is 3. The maximum absolute atomic E-state index is 12.4. The molecule has 1 amide bonds. The van der Waals surface area contributed by atoms with Gasteiger partial charge in [-0.15, -0.1) is 10.2 Å².